The average molecular weight is 337 g/mol. The lowest BCUT2D eigenvalue weighted by atomic mass is 10.0. The second-order valence-corrected chi connectivity index (χ2v) is 7.32. The van der Waals surface area contributed by atoms with Crippen molar-refractivity contribution in [3.63, 3.8) is 0 Å². The Morgan fingerprint density at radius 2 is 2.00 bits per heavy atom. The monoisotopic (exact) mass is 337 g/mol. The highest BCUT2D eigenvalue weighted by molar-refractivity contribution is 7.89. The maximum Gasteiger partial charge on any atom is 0.216 e. The van der Waals surface area contributed by atoms with Gasteiger partial charge in [0.1, 0.15) is 12.1 Å². The number of sulfonamides is 1. The van der Waals surface area contributed by atoms with E-state index in [1.54, 1.807) is 12.1 Å². The minimum Gasteiger partial charge on any atom is -0.231 e. The van der Waals surface area contributed by atoms with Crippen molar-refractivity contribution in [1.82, 2.24) is 24.5 Å². The molecule has 0 amide bonds. The number of hydrogen-bond acceptors (Lipinski definition) is 5. The Morgan fingerprint density at radius 3 is 2.61 bits per heavy atom. The maximum absolute atomic E-state index is 13.0. The number of tetrazole rings is 1. The van der Waals surface area contributed by atoms with E-state index in [9.17, 15) is 12.8 Å². The van der Waals surface area contributed by atoms with Crippen LogP contribution in [-0.4, -0.2) is 51.8 Å². The first-order valence-electron chi connectivity index (χ1n) is 7.18. The first-order chi connectivity index (χ1) is 11.0. The number of hydrogen-bond donors (Lipinski definition) is 0. The van der Waals surface area contributed by atoms with Crippen LogP contribution in [0.2, 0.25) is 0 Å². The quantitative estimate of drug-likeness (QED) is 0.811. The highest BCUT2D eigenvalue weighted by Gasteiger charge is 2.24. The summed E-state index contributed by atoms with van der Waals surface area (Å²) in [5, 5.41) is 10.6. The van der Waals surface area contributed by atoms with Crippen molar-refractivity contribution in [3.8, 4) is 0 Å². The highest BCUT2D eigenvalue weighted by atomic mass is 32.2. The minimum atomic E-state index is -3.36. The predicted molar refractivity (Wildman–Crippen MR) is 82.2 cm³/mol. The fourth-order valence-corrected chi connectivity index (χ4v) is 3.80. The molecule has 122 valence electrons. The van der Waals surface area contributed by atoms with Gasteiger partial charge in [0.2, 0.25) is 10.0 Å². The van der Waals surface area contributed by atoms with Crippen LogP contribution in [0.1, 0.15) is 12.0 Å². The molecule has 0 N–H and O–H groups in total. The van der Waals surface area contributed by atoms with Gasteiger partial charge in [-0.3, -0.25) is 0 Å². The fourth-order valence-electron chi connectivity index (χ4n) is 2.45. The van der Waals surface area contributed by atoms with Crippen LogP contribution in [-0.2, 0) is 16.6 Å². The molecule has 1 aromatic carbocycles. The summed E-state index contributed by atoms with van der Waals surface area (Å²) < 4.78 is 40.5. The molecule has 2 heterocycles. The number of halogens is 1. The van der Waals surface area contributed by atoms with E-state index in [0.717, 1.165) is 11.1 Å². The van der Waals surface area contributed by atoms with Gasteiger partial charge < -0.3 is 0 Å². The van der Waals surface area contributed by atoms with Gasteiger partial charge in [-0.25, -0.2) is 17.5 Å². The van der Waals surface area contributed by atoms with Crippen LogP contribution in [0.3, 0.4) is 0 Å². The van der Waals surface area contributed by atoms with E-state index < -0.39 is 10.0 Å². The third-order valence-corrected chi connectivity index (χ3v) is 5.57. The molecule has 0 atom stereocenters. The smallest absolute Gasteiger partial charge is 0.216 e. The summed E-state index contributed by atoms with van der Waals surface area (Å²) in [7, 11) is -3.36. The molecule has 9 heteroatoms. The molecule has 1 aliphatic heterocycles. The minimum absolute atomic E-state index is 0.0439. The third kappa shape index (κ3) is 3.80. The standard InChI is InChI=1S/C14H16FN5O2S/c15-14-3-1-12(2-4-14)13-5-7-20(8-6-13)23(21,22)10-9-19-11-16-17-18-19/h1-5,11H,6-10H2. The number of nitrogens with zero attached hydrogens (tertiary/aromatic N) is 5. The molecule has 0 bridgehead atoms. The number of rotatable bonds is 5. The molecule has 1 aromatic heterocycles. The van der Waals surface area contributed by atoms with Crippen molar-refractivity contribution >= 4 is 15.6 Å². The molecule has 3 rings (SSSR count). The Morgan fingerprint density at radius 1 is 1.22 bits per heavy atom. The molecule has 0 saturated carbocycles. The maximum atomic E-state index is 13.0. The molecular weight excluding hydrogens is 321 g/mol. The summed E-state index contributed by atoms with van der Waals surface area (Å²) in [6.45, 7) is 0.964. The van der Waals surface area contributed by atoms with Gasteiger partial charge in [-0.05, 0) is 40.1 Å². The van der Waals surface area contributed by atoms with Crippen molar-refractivity contribution in [1.29, 1.82) is 0 Å². The second kappa shape index (κ2) is 6.55. The molecular formula is C14H16FN5O2S. The normalized spacial score (nSPS) is 16.3. The summed E-state index contributed by atoms with van der Waals surface area (Å²) in [5.74, 6) is -0.324. The highest BCUT2D eigenvalue weighted by Crippen LogP contribution is 2.24. The lowest BCUT2D eigenvalue weighted by Crippen LogP contribution is -2.37. The van der Waals surface area contributed by atoms with Crippen LogP contribution >= 0.6 is 0 Å². The van der Waals surface area contributed by atoms with E-state index in [2.05, 4.69) is 15.5 Å². The number of benzene rings is 1. The topological polar surface area (TPSA) is 81.0 Å². The lowest BCUT2D eigenvalue weighted by molar-refractivity contribution is 0.437. The summed E-state index contributed by atoms with van der Waals surface area (Å²) in [5.41, 5.74) is 1.97. The molecule has 0 unspecified atom stereocenters. The summed E-state index contributed by atoms with van der Waals surface area (Å²) in [6.07, 6.45) is 3.87. The van der Waals surface area contributed by atoms with Gasteiger partial charge in [-0.15, -0.1) is 5.10 Å². The third-order valence-electron chi connectivity index (χ3n) is 3.75. The van der Waals surface area contributed by atoms with Crippen molar-refractivity contribution in [2.45, 2.75) is 13.0 Å². The molecule has 0 saturated heterocycles. The van der Waals surface area contributed by atoms with Gasteiger partial charge in [0, 0.05) is 13.1 Å². The van der Waals surface area contributed by atoms with E-state index >= 15 is 0 Å². The summed E-state index contributed by atoms with van der Waals surface area (Å²) in [6, 6.07) is 6.24. The van der Waals surface area contributed by atoms with E-state index in [1.807, 2.05) is 6.08 Å². The summed E-state index contributed by atoms with van der Waals surface area (Å²) >= 11 is 0. The predicted octanol–water partition coefficient (Wildman–Crippen LogP) is 0.931. The number of aromatic nitrogens is 4. The molecule has 0 spiro atoms. The molecule has 0 radical (unpaired) electrons. The van der Waals surface area contributed by atoms with Gasteiger partial charge in [0.25, 0.3) is 0 Å². The zero-order valence-electron chi connectivity index (χ0n) is 12.3. The zero-order valence-corrected chi connectivity index (χ0v) is 13.2. The van der Waals surface area contributed by atoms with Gasteiger partial charge in [-0.2, -0.15) is 4.31 Å². The first kappa shape index (κ1) is 15.8. The van der Waals surface area contributed by atoms with E-state index in [1.165, 1.54) is 27.4 Å². The van der Waals surface area contributed by atoms with E-state index in [-0.39, 0.29) is 18.1 Å². The van der Waals surface area contributed by atoms with Crippen molar-refractivity contribution in [2.75, 3.05) is 18.8 Å². The van der Waals surface area contributed by atoms with Crippen LogP contribution in [0.25, 0.3) is 5.57 Å². The van der Waals surface area contributed by atoms with Crippen LogP contribution < -0.4 is 0 Å². The van der Waals surface area contributed by atoms with Gasteiger partial charge in [0.15, 0.2) is 0 Å². The van der Waals surface area contributed by atoms with Gasteiger partial charge >= 0.3 is 0 Å². The number of aryl methyl sites for hydroxylation is 1. The Balaban J connectivity index is 1.63. The zero-order chi connectivity index (χ0) is 16.3. The summed E-state index contributed by atoms with van der Waals surface area (Å²) in [4.78, 5) is 0. The fraction of sp³-hybridized carbons (Fsp3) is 0.357. The lowest BCUT2D eigenvalue weighted by Gasteiger charge is -2.26. The van der Waals surface area contributed by atoms with Crippen LogP contribution in [0.4, 0.5) is 4.39 Å². The SMILES string of the molecule is O=S(=O)(CCn1cnnn1)N1CC=C(c2ccc(F)cc2)CC1. The van der Waals surface area contributed by atoms with Crippen molar-refractivity contribution in [3.05, 3.63) is 48.0 Å². The largest absolute Gasteiger partial charge is 0.231 e. The first-order valence-corrected chi connectivity index (χ1v) is 8.79. The average Bonchev–Trinajstić information content (AvgIpc) is 3.08. The molecule has 7 nitrogen and oxygen atoms in total. The Kier molecular flexibility index (Phi) is 4.49. The van der Waals surface area contributed by atoms with E-state index in [4.69, 9.17) is 0 Å². The molecule has 1 aliphatic rings. The Bertz CT molecular complexity index is 787. The van der Waals surface area contributed by atoms with E-state index in [0.29, 0.717) is 19.5 Å². The van der Waals surface area contributed by atoms with Crippen LogP contribution in [0.5, 0.6) is 0 Å². The van der Waals surface area contributed by atoms with Gasteiger partial charge in [-0.1, -0.05) is 18.2 Å². The molecule has 2 aromatic rings. The molecule has 23 heavy (non-hydrogen) atoms. The van der Waals surface area contributed by atoms with Crippen LogP contribution in [0, 0.1) is 5.82 Å². The van der Waals surface area contributed by atoms with Crippen molar-refractivity contribution in [2.24, 2.45) is 0 Å². The van der Waals surface area contributed by atoms with Crippen molar-refractivity contribution < 1.29 is 12.8 Å². The second-order valence-electron chi connectivity index (χ2n) is 5.23. The molecule has 0 aliphatic carbocycles. The molecule has 0 fully saturated rings. The Labute approximate surface area is 133 Å². The Hall–Kier alpha value is -2.13. The van der Waals surface area contributed by atoms with Crippen LogP contribution in [0.15, 0.2) is 36.7 Å². The van der Waals surface area contributed by atoms with Gasteiger partial charge in [0.05, 0.1) is 12.3 Å².